The van der Waals surface area contributed by atoms with Crippen LogP contribution in [-0.2, 0) is 6.54 Å². The molecule has 2 aromatic carbocycles. The highest BCUT2D eigenvalue weighted by molar-refractivity contribution is 7.22. The minimum Gasteiger partial charge on any atom is -0.497 e. The third kappa shape index (κ3) is 3.23. The van der Waals surface area contributed by atoms with Crippen molar-refractivity contribution in [2.45, 2.75) is 6.54 Å². The Bertz CT molecular complexity index is 1120. The number of thiophene rings is 1. The lowest BCUT2D eigenvalue weighted by atomic mass is 10.2. The van der Waals surface area contributed by atoms with Crippen LogP contribution in [0, 0.1) is 0 Å². The molecule has 0 amide bonds. The monoisotopic (exact) mass is 382 g/mol. The number of halogens is 1. The zero-order valence-electron chi connectivity index (χ0n) is 14.0. The van der Waals surface area contributed by atoms with Crippen LogP contribution in [0.5, 0.6) is 5.75 Å². The van der Waals surface area contributed by atoms with Crippen molar-refractivity contribution in [2.75, 3.05) is 7.11 Å². The van der Waals surface area contributed by atoms with E-state index in [1.807, 2.05) is 54.6 Å². The van der Waals surface area contributed by atoms with Crippen LogP contribution >= 0.6 is 22.9 Å². The van der Waals surface area contributed by atoms with Crippen molar-refractivity contribution in [3.63, 3.8) is 0 Å². The Morgan fingerprint density at radius 1 is 1.12 bits per heavy atom. The van der Waals surface area contributed by atoms with Crippen molar-refractivity contribution < 1.29 is 4.74 Å². The number of rotatable bonds is 4. The predicted molar refractivity (Wildman–Crippen MR) is 106 cm³/mol. The second-order valence-electron chi connectivity index (χ2n) is 5.86. The number of aromatic nitrogens is 2. The van der Waals surface area contributed by atoms with Crippen LogP contribution in [-0.4, -0.2) is 16.7 Å². The van der Waals surface area contributed by atoms with E-state index in [-0.39, 0.29) is 5.56 Å². The molecule has 2 aromatic heterocycles. The van der Waals surface area contributed by atoms with E-state index in [1.165, 1.54) is 11.3 Å². The summed E-state index contributed by atoms with van der Waals surface area (Å²) in [5.74, 6) is 0.804. The number of methoxy groups -OCH3 is 1. The Hall–Kier alpha value is -2.63. The van der Waals surface area contributed by atoms with E-state index >= 15 is 0 Å². The van der Waals surface area contributed by atoms with Crippen LogP contribution in [0.1, 0.15) is 5.56 Å². The molecule has 26 heavy (non-hydrogen) atoms. The lowest BCUT2D eigenvalue weighted by Crippen LogP contribution is -2.20. The van der Waals surface area contributed by atoms with Crippen molar-refractivity contribution in [3.05, 3.63) is 81.9 Å². The van der Waals surface area contributed by atoms with E-state index in [2.05, 4.69) is 4.98 Å². The maximum absolute atomic E-state index is 12.8. The molecular formula is C20H15ClN2O2S. The van der Waals surface area contributed by atoms with Gasteiger partial charge in [0.2, 0.25) is 0 Å². The zero-order chi connectivity index (χ0) is 18.1. The summed E-state index contributed by atoms with van der Waals surface area (Å²) >= 11 is 7.38. The summed E-state index contributed by atoms with van der Waals surface area (Å²) in [7, 11) is 1.64. The molecule has 0 radical (unpaired) electrons. The molecule has 0 bridgehead atoms. The number of nitrogens with zero attached hydrogens (tertiary/aromatic N) is 2. The summed E-state index contributed by atoms with van der Waals surface area (Å²) in [6, 6.07) is 17.2. The highest BCUT2D eigenvalue weighted by Gasteiger charge is 2.11. The van der Waals surface area contributed by atoms with Gasteiger partial charge in [-0.25, -0.2) is 4.98 Å². The SMILES string of the molecule is COc1ccc(-c2cc3ncn(Cc4ccc(Cl)cc4)c(=O)c3s2)cc1. The molecule has 0 saturated heterocycles. The summed E-state index contributed by atoms with van der Waals surface area (Å²) < 4.78 is 7.48. The van der Waals surface area contributed by atoms with E-state index < -0.39 is 0 Å². The van der Waals surface area contributed by atoms with Gasteiger partial charge in [0.1, 0.15) is 10.4 Å². The largest absolute Gasteiger partial charge is 0.497 e. The van der Waals surface area contributed by atoms with E-state index in [9.17, 15) is 4.79 Å². The van der Waals surface area contributed by atoms with Crippen LogP contribution in [0.4, 0.5) is 0 Å². The van der Waals surface area contributed by atoms with Gasteiger partial charge in [-0.3, -0.25) is 9.36 Å². The normalized spacial score (nSPS) is 11.0. The molecule has 4 rings (SSSR count). The first-order valence-electron chi connectivity index (χ1n) is 8.02. The van der Waals surface area contributed by atoms with Crippen molar-refractivity contribution in [2.24, 2.45) is 0 Å². The first kappa shape index (κ1) is 16.8. The van der Waals surface area contributed by atoms with Crippen LogP contribution in [0.2, 0.25) is 5.02 Å². The Labute approximate surface area is 159 Å². The molecule has 0 atom stereocenters. The van der Waals surface area contributed by atoms with Gasteiger partial charge in [0, 0.05) is 9.90 Å². The smallest absolute Gasteiger partial charge is 0.271 e. The number of hydrogen-bond acceptors (Lipinski definition) is 4. The lowest BCUT2D eigenvalue weighted by molar-refractivity contribution is 0.415. The quantitative estimate of drug-likeness (QED) is 0.507. The number of fused-ring (bicyclic) bond motifs is 1. The van der Waals surface area contributed by atoms with Crippen molar-refractivity contribution in [1.82, 2.24) is 9.55 Å². The molecule has 0 aliphatic rings. The van der Waals surface area contributed by atoms with E-state index in [0.717, 1.165) is 27.3 Å². The fourth-order valence-electron chi connectivity index (χ4n) is 2.74. The van der Waals surface area contributed by atoms with Gasteiger partial charge in [-0.2, -0.15) is 0 Å². The molecule has 0 aliphatic heterocycles. The second kappa shape index (κ2) is 6.94. The van der Waals surface area contributed by atoms with Crippen molar-refractivity contribution in [3.8, 4) is 16.2 Å². The molecule has 0 saturated carbocycles. The van der Waals surface area contributed by atoms with Gasteiger partial charge in [0.15, 0.2) is 0 Å². The summed E-state index contributed by atoms with van der Waals surface area (Å²) in [4.78, 5) is 18.3. The standard InChI is InChI=1S/C20H15ClN2O2S/c1-25-16-8-4-14(5-9-16)18-10-17-19(26-18)20(24)23(12-22-17)11-13-2-6-15(21)7-3-13/h2-10,12H,11H2,1H3. The Kier molecular flexibility index (Phi) is 4.49. The number of hydrogen-bond donors (Lipinski definition) is 0. The highest BCUT2D eigenvalue weighted by atomic mass is 35.5. The summed E-state index contributed by atoms with van der Waals surface area (Å²) in [6.07, 6.45) is 1.60. The zero-order valence-corrected chi connectivity index (χ0v) is 15.6. The molecule has 0 N–H and O–H groups in total. The summed E-state index contributed by atoms with van der Waals surface area (Å²) in [5, 5.41) is 0.678. The molecule has 130 valence electrons. The lowest BCUT2D eigenvalue weighted by Gasteiger charge is -2.05. The average molecular weight is 383 g/mol. The van der Waals surface area contributed by atoms with Gasteiger partial charge in [0.25, 0.3) is 5.56 Å². The summed E-state index contributed by atoms with van der Waals surface area (Å²) in [6.45, 7) is 0.467. The number of benzene rings is 2. The first-order valence-corrected chi connectivity index (χ1v) is 9.21. The summed E-state index contributed by atoms with van der Waals surface area (Å²) in [5.41, 5.74) is 2.73. The fourth-order valence-corrected chi connectivity index (χ4v) is 3.93. The molecule has 0 unspecified atom stereocenters. The third-order valence-electron chi connectivity index (χ3n) is 4.14. The van der Waals surface area contributed by atoms with Crippen LogP contribution in [0.25, 0.3) is 20.7 Å². The van der Waals surface area contributed by atoms with Crippen LogP contribution in [0.3, 0.4) is 0 Å². The van der Waals surface area contributed by atoms with Gasteiger partial charge >= 0.3 is 0 Å². The van der Waals surface area contributed by atoms with Crippen LogP contribution in [0.15, 0.2) is 65.7 Å². The second-order valence-corrected chi connectivity index (χ2v) is 7.35. The van der Waals surface area contributed by atoms with E-state index in [1.54, 1.807) is 18.0 Å². The van der Waals surface area contributed by atoms with Gasteiger partial charge in [-0.05, 0) is 53.6 Å². The maximum Gasteiger partial charge on any atom is 0.271 e. The molecule has 6 heteroatoms. The van der Waals surface area contributed by atoms with Gasteiger partial charge in [-0.15, -0.1) is 11.3 Å². The third-order valence-corrected chi connectivity index (χ3v) is 5.56. The van der Waals surface area contributed by atoms with Crippen LogP contribution < -0.4 is 10.3 Å². The predicted octanol–water partition coefficient (Wildman–Crippen LogP) is 4.84. The van der Waals surface area contributed by atoms with Crippen molar-refractivity contribution in [1.29, 1.82) is 0 Å². The minimum atomic E-state index is -0.0327. The molecule has 0 aliphatic carbocycles. The Balaban J connectivity index is 1.71. The fraction of sp³-hybridized carbons (Fsp3) is 0.100. The van der Waals surface area contributed by atoms with E-state index in [0.29, 0.717) is 16.3 Å². The van der Waals surface area contributed by atoms with Gasteiger partial charge in [-0.1, -0.05) is 23.7 Å². The Morgan fingerprint density at radius 3 is 2.54 bits per heavy atom. The Morgan fingerprint density at radius 2 is 1.85 bits per heavy atom. The molecule has 4 aromatic rings. The van der Waals surface area contributed by atoms with E-state index in [4.69, 9.17) is 16.3 Å². The number of ether oxygens (including phenoxy) is 1. The molecular weight excluding hydrogens is 368 g/mol. The molecule has 4 nitrogen and oxygen atoms in total. The van der Waals surface area contributed by atoms with Gasteiger partial charge < -0.3 is 4.74 Å². The first-order chi connectivity index (χ1) is 12.6. The molecule has 2 heterocycles. The average Bonchev–Trinajstić information content (AvgIpc) is 3.11. The minimum absolute atomic E-state index is 0.0327. The molecule has 0 fully saturated rings. The highest BCUT2D eigenvalue weighted by Crippen LogP contribution is 2.31. The topological polar surface area (TPSA) is 44.1 Å². The maximum atomic E-state index is 12.8. The van der Waals surface area contributed by atoms with Crippen molar-refractivity contribution >= 4 is 33.2 Å². The van der Waals surface area contributed by atoms with Gasteiger partial charge in [0.05, 0.1) is 25.5 Å². The molecule has 0 spiro atoms.